The lowest BCUT2D eigenvalue weighted by Crippen LogP contribution is -2.35. The van der Waals surface area contributed by atoms with Gasteiger partial charge in [0.05, 0.1) is 12.8 Å². The Hall–Kier alpha value is -1.75. The van der Waals surface area contributed by atoms with E-state index < -0.39 is 5.97 Å². The molecule has 0 heterocycles. The lowest BCUT2D eigenvalue weighted by Gasteiger charge is -2.17. The zero-order chi connectivity index (χ0) is 11.4. The summed E-state index contributed by atoms with van der Waals surface area (Å²) in [6.45, 7) is 1.64. The topological polar surface area (TPSA) is 75.8 Å². The Morgan fingerprint density at radius 1 is 1.60 bits per heavy atom. The lowest BCUT2D eigenvalue weighted by atomic mass is 10.2. The highest BCUT2D eigenvalue weighted by Gasteiger charge is 2.07. The van der Waals surface area contributed by atoms with Crippen LogP contribution in [-0.2, 0) is 4.79 Å². The molecule has 0 saturated heterocycles. The van der Waals surface area contributed by atoms with Crippen molar-refractivity contribution in [1.29, 1.82) is 0 Å². The van der Waals surface area contributed by atoms with Crippen molar-refractivity contribution in [2.75, 3.05) is 18.7 Å². The Bertz CT molecular complexity index is 366. The SMILES string of the molecule is COc1ccc(N(N)CC(=O)O)cc1C. The normalized spacial score (nSPS) is 9.80. The van der Waals surface area contributed by atoms with Crippen LogP contribution in [0.15, 0.2) is 18.2 Å². The quantitative estimate of drug-likeness (QED) is 0.567. The summed E-state index contributed by atoms with van der Waals surface area (Å²) in [5.41, 5.74) is 1.56. The minimum absolute atomic E-state index is 0.230. The predicted octanol–water partition coefficient (Wildman–Crippen LogP) is 0.768. The number of carboxylic acid groups (broad SMARTS) is 1. The third-order valence-corrected chi connectivity index (χ3v) is 2.02. The number of hydrogen-bond donors (Lipinski definition) is 2. The van der Waals surface area contributed by atoms with Crippen molar-refractivity contribution in [3.63, 3.8) is 0 Å². The fourth-order valence-electron chi connectivity index (χ4n) is 1.28. The summed E-state index contributed by atoms with van der Waals surface area (Å²) in [6, 6.07) is 5.25. The summed E-state index contributed by atoms with van der Waals surface area (Å²) in [7, 11) is 1.58. The van der Waals surface area contributed by atoms with Crippen LogP contribution in [0.5, 0.6) is 5.75 Å². The summed E-state index contributed by atoms with van der Waals surface area (Å²) < 4.78 is 5.09. The van der Waals surface area contributed by atoms with Crippen LogP contribution in [0.25, 0.3) is 0 Å². The molecule has 0 amide bonds. The Morgan fingerprint density at radius 2 is 2.27 bits per heavy atom. The average Bonchev–Trinajstić information content (AvgIpc) is 2.16. The molecule has 0 aromatic heterocycles. The zero-order valence-electron chi connectivity index (χ0n) is 8.73. The number of ether oxygens (including phenoxy) is 1. The molecule has 0 radical (unpaired) electrons. The second-order valence-electron chi connectivity index (χ2n) is 3.18. The van der Waals surface area contributed by atoms with Crippen LogP contribution in [0.2, 0.25) is 0 Å². The van der Waals surface area contributed by atoms with Crippen LogP contribution in [0.3, 0.4) is 0 Å². The van der Waals surface area contributed by atoms with Crippen molar-refractivity contribution in [2.24, 2.45) is 5.84 Å². The Kier molecular flexibility index (Phi) is 3.51. The van der Waals surface area contributed by atoms with Gasteiger partial charge in [0, 0.05) is 0 Å². The molecule has 0 aliphatic rings. The molecule has 15 heavy (non-hydrogen) atoms. The molecule has 0 atom stereocenters. The zero-order valence-corrected chi connectivity index (χ0v) is 8.73. The van der Waals surface area contributed by atoms with Gasteiger partial charge in [-0.05, 0) is 30.7 Å². The highest BCUT2D eigenvalue weighted by Crippen LogP contribution is 2.22. The number of hydrogen-bond acceptors (Lipinski definition) is 4. The van der Waals surface area contributed by atoms with Crippen LogP contribution < -0.4 is 15.6 Å². The molecule has 0 fully saturated rings. The number of carboxylic acids is 1. The van der Waals surface area contributed by atoms with Crippen LogP contribution in [0.4, 0.5) is 5.69 Å². The number of benzene rings is 1. The van der Waals surface area contributed by atoms with Crippen molar-refractivity contribution in [3.05, 3.63) is 23.8 Å². The predicted molar refractivity (Wildman–Crippen MR) is 56.9 cm³/mol. The van der Waals surface area contributed by atoms with Crippen LogP contribution in [-0.4, -0.2) is 24.7 Å². The van der Waals surface area contributed by atoms with Crippen LogP contribution in [0, 0.1) is 6.92 Å². The lowest BCUT2D eigenvalue weighted by molar-refractivity contribution is -0.135. The maximum Gasteiger partial charge on any atom is 0.324 e. The van der Waals surface area contributed by atoms with Crippen molar-refractivity contribution in [2.45, 2.75) is 6.92 Å². The van der Waals surface area contributed by atoms with E-state index in [1.54, 1.807) is 25.3 Å². The summed E-state index contributed by atoms with van der Waals surface area (Å²) in [5, 5.41) is 9.74. The number of aryl methyl sites for hydroxylation is 1. The molecule has 0 aliphatic heterocycles. The first-order valence-corrected chi connectivity index (χ1v) is 4.43. The van der Waals surface area contributed by atoms with Crippen molar-refractivity contribution >= 4 is 11.7 Å². The van der Waals surface area contributed by atoms with Gasteiger partial charge in [-0.1, -0.05) is 0 Å². The van der Waals surface area contributed by atoms with E-state index in [1.165, 1.54) is 5.01 Å². The number of nitrogens with zero attached hydrogens (tertiary/aromatic N) is 1. The number of carbonyl (C=O) groups is 1. The molecule has 0 saturated carbocycles. The van der Waals surface area contributed by atoms with Crippen molar-refractivity contribution < 1.29 is 14.6 Å². The Balaban J connectivity index is 2.87. The molecule has 1 rings (SSSR count). The molecule has 0 aliphatic carbocycles. The number of anilines is 1. The van der Waals surface area contributed by atoms with Gasteiger partial charge >= 0.3 is 5.97 Å². The average molecular weight is 210 g/mol. The summed E-state index contributed by atoms with van der Waals surface area (Å²) in [5.74, 6) is 5.35. The van der Waals surface area contributed by atoms with E-state index >= 15 is 0 Å². The van der Waals surface area contributed by atoms with E-state index in [-0.39, 0.29) is 6.54 Å². The van der Waals surface area contributed by atoms with Gasteiger partial charge in [-0.25, -0.2) is 5.84 Å². The maximum absolute atomic E-state index is 10.4. The van der Waals surface area contributed by atoms with E-state index in [2.05, 4.69) is 0 Å². The maximum atomic E-state index is 10.4. The standard InChI is InChI=1S/C10H14N2O3/c1-7-5-8(3-4-9(7)15-2)12(11)6-10(13)14/h3-5H,6,11H2,1-2H3,(H,13,14). The highest BCUT2D eigenvalue weighted by atomic mass is 16.5. The van der Waals surface area contributed by atoms with Gasteiger partial charge < -0.3 is 9.84 Å². The molecule has 5 heteroatoms. The van der Waals surface area contributed by atoms with E-state index in [0.29, 0.717) is 5.69 Å². The molecule has 1 aromatic rings. The van der Waals surface area contributed by atoms with Crippen molar-refractivity contribution in [1.82, 2.24) is 0 Å². The largest absolute Gasteiger partial charge is 0.496 e. The van der Waals surface area contributed by atoms with Crippen LogP contribution >= 0.6 is 0 Å². The highest BCUT2D eigenvalue weighted by molar-refractivity contribution is 5.73. The minimum atomic E-state index is -0.967. The summed E-state index contributed by atoms with van der Waals surface area (Å²) >= 11 is 0. The molecular formula is C10H14N2O3. The third-order valence-electron chi connectivity index (χ3n) is 2.02. The fraction of sp³-hybridized carbons (Fsp3) is 0.300. The van der Waals surface area contributed by atoms with E-state index in [9.17, 15) is 4.79 Å². The first-order chi connectivity index (χ1) is 7.04. The van der Waals surface area contributed by atoms with E-state index in [0.717, 1.165) is 11.3 Å². The van der Waals surface area contributed by atoms with E-state index in [1.807, 2.05) is 6.92 Å². The Labute approximate surface area is 88.0 Å². The van der Waals surface area contributed by atoms with Gasteiger partial charge in [0.1, 0.15) is 12.3 Å². The molecule has 0 unspecified atom stereocenters. The van der Waals surface area contributed by atoms with Gasteiger partial charge in [0.15, 0.2) is 0 Å². The van der Waals surface area contributed by atoms with Crippen molar-refractivity contribution in [3.8, 4) is 5.75 Å². The monoisotopic (exact) mass is 210 g/mol. The van der Waals surface area contributed by atoms with Gasteiger partial charge in [0.2, 0.25) is 0 Å². The number of aliphatic carboxylic acids is 1. The number of methoxy groups -OCH3 is 1. The van der Waals surface area contributed by atoms with Crippen LogP contribution in [0.1, 0.15) is 5.56 Å². The second kappa shape index (κ2) is 4.65. The molecular weight excluding hydrogens is 196 g/mol. The first-order valence-electron chi connectivity index (χ1n) is 4.43. The fourth-order valence-corrected chi connectivity index (χ4v) is 1.28. The molecule has 0 spiro atoms. The van der Waals surface area contributed by atoms with Gasteiger partial charge in [-0.15, -0.1) is 0 Å². The minimum Gasteiger partial charge on any atom is -0.496 e. The van der Waals surface area contributed by atoms with Gasteiger partial charge in [-0.2, -0.15) is 0 Å². The molecule has 0 bridgehead atoms. The number of hydrazine groups is 1. The summed E-state index contributed by atoms with van der Waals surface area (Å²) in [4.78, 5) is 10.4. The number of nitrogens with two attached hydrogens (primary N) is 1. The summed E-state index contributed by atoms with van der Waals surface area (Å²) in [6.07, 6.45) is 0. The Morgan fingerprint density at radius 3 is 2.73 bits per heavy atom. The molecule has 1 aromatic carbocycles. The third kappa shape index (κ3) is 2.85. The first kappa shape index (κ1) is 11.3. The van der Waals surface area contributed by atoms with E-state index in [4.69, 9.17) is 15.7 Å². The molecule has 82 valence electrons. The second-order valence-corrected chi connectivity index (χ2v) is 3.18. The van der Waals surface area contributed by atoms with Gasteiger partial charge in [0.25, 0.3) is 0 Å². The van der Waals surface area contributed by atoms with Gasteiger partial charge in [-0.3, -0.25) is 9.80 Å². The molecule has 5 nitrogen and oxygen atoms in total. The smallest absolute Gasteiger partial charge is 0.324 e. The molecule has 3 N–H and O–H groups in total. The number of rotatable bonds is 4.